The van der Waals surface area contributed by atoms with Crippen LogP contribution in [0.25, 0.3) is 22.0 Å². The highest BCUT2D eigenvalue weighted by Crippen LogP contribution is 2.35. The van der Waals surface area contributed by atoms with E-state index in [1.165, 1.54) is 12.8 Å². The zero-order chi connectivity index (χ0) is 19.5. The number of nitrogens with one attached hydrogen (secondary N) is 1. The molecular weight excluding hydrogens is 352 g/mol. The lowest BCUT2D eigenvalue weighted by Crippen LogP contribution is -2.17. The lowest BCUT2D eigenvalue weighted by atomic mass is 10.0. The summed E-state index contributed by atoms with van der Waals surface area (Å²) in [5, 5.41) is 4.84. The molecule has 1 fully saturated rings. The smallest absolute Gasteiger partial charge is 0.258 e. The summed E-state index contributed by atoms with van der Waals surface area (Å²) in [6.07, 6.45) is 8.19. The SMILES string of the molecule is CCCCNc1ncc(OCC2CC2)c(-c2cn(C)c(=O)c3ccccc23)n1. The van der Waals surface area contributed by atoms with Gasteiger partial charge in [0.2, 0.25) is 5.95 Å². The quantitative estimate of drug-likeness (QED) is 0.600. The molecule has 146 valence electrons. The largest absolute Gasteiger partial charge is 0.489 e. The number of unbranched alkanes of at least 4 members (excludes halogenated alkanes) is 1. The molecule has 28 heavy (non-hydrogen) atoms. The molecule has 3 aromatic rings. The highest BCUT2D eigenvalue weighted by Gasteiger charge is 2.23. The molecule has 0 spiro atoms. The highest BCUT2D eigenvalue weighted by molar-refractivity contribution is 5.96. The van der Waals surface area contributed by atoms with E-state index in [0.29, 0.717) is 29.6 Å². The summed E-state index contributed by atoms with van der Waals surface area (Å²) in [4.78, 5) is 21.8. The lowest BCUT2D eigenvalue weighted by molar-refractivity contribution is 0.299. The molecule has 6 heteroatoms. The standard InChI is InChI=1S/C22H26N4O2/c1-3-4-11-23-22-24-12-19(28-14-15-9-10-15)20(25-22)18-13-26(2)21(27)17-8-6-5-7-16(17)18/h5-8,12-13,15H,3-4,9-11,14H2,1-2H3,(H,23,24,25). The first-order chi connectivity index (χ1) is 13.7. The molecule has 2 heterocycles. The predicted octanol–water partition coefficient (Wildman–Crippen LogP) is 4.00. The van der Waals surface area contributed by atoms with Gasteiger partial charge >= 0.3 is 0 Å². The summed E-state index contributed by atoms with van der Waals surface area (Å²) in [5.41, 5.74) is 1.58. The van der Waals surface area contributed by atoms with Crippen LogP contribution in [0, 0.1) is 5.92 Å². The number of nitrogens with zero attached hydrogens (tertiary/aromatic N) is 3. The number of hydrogen-bond acceptors (Lipinski definition) is 5. The Kier molecular flexibility index (Phi) is 5.28. The van der Waals surface area contributed by atoms with E-state index < -0.39 is 0 Å². The van der Waals surface area contributed by atoms with Crippen molar-refractivity contribution in [1.29, 1.82) is 0 Å². The topological polar surface area (TPSA) is 69.0 Å². The first-order valence-electron chi connectivity index (χ1n) is 10.00. The number of fused-ring (bicyclic) bond motifs is 1. The van der Waals surface area contributed by atoms with Gasteiger partial charge in [0.15, 0.2) is 5.75 Å². The molecule has 0 radical (unpaired) electrons. The van der Waals surface area contributed by atoms with Gasteiger partial charge in [-0.25, -0.2) is 9.97 Å². The summed E-state index contributed by atoms with van der Waals surface area (Å²) in [6.45, 7) is 3.66. The number of ether oxygens (including phenoxy) is 1. The van der Waals surface area contributed by atoms with Crippen LogP contribution in [0.1, 0.15) is 32.6 Å². The second-order valence-corrected chi connectivity index (χ2v) is 7.45. The van der Waals surface area contributed by atoms with Gasteiger partial charge < -0.3 is 14.6 Å². The van der Waals surface area contributed by atoms with E-state index in [0.717, 1.165) is 36.0 Å². The molecule has 1 N–H and O–H groups in total. The monoisotopic (exact) mass is 378 g/mol. The van der Waals surface area contributed by atoms with Crippen molar-refractivity contribution in [2.24, 2.45) is 13.0 Å². The molecule has 0 saturated heterocycles. The van der Waals surface area contributed by atoms with Crippen LogP contribution in [0.5, 0.6) is 5.75 Å². The van der Waals surface area contributed by atoms with Crippen molar-refractivity contribution >= 4 is 16.7 Å². The normalized spacial score (nSPS) is 13.6. The third kappa shape index (κ3) is 3.86. The van der Waals surface area contributed by atoms with Crippen LogP contribution in [-0.4, -0.2) is 27.7 Å². The number of aromatic nitrogens is 3. The van der Waals surface area contributed by atoms with Crippen LogP contribution in [-0.2, 0) is 7.05 Å². The van der Waals surface area contributed by atoms with Crippen molar-refractivity contribution in [1.82, 2.24) is 14.5 Å². The second-order valence-electron chi connectivity index (χ2n) is 7.45. The van der Waals surface area contributed by atoms with E-state index >= 15 is 0 Å². The highest BCUT2D eigenvalue weighted by atomic mass is 16.5. The van der Waals surface area contributed by atoms with Gasteiger partial charge in [0, 0.05) is 30.7 Å². The molecule has 1 aliphatic rings. The Hall–Kier alpha value is -2.89. The van der Waals surface area contributed by atoms with Crippen LogP contribution in [0.4, 0.5) is 5.95 Å². The maximum Gasteiger partial charge on any atom is 0.258 e. The molecule has 0 aliphatic heterocycles. The molecule has 1 saturated carbocycles. The van der Waals surface area contributed by atoms with Crippen molar-refractivity contribution in [2.75, 3.05) is 18.5 Å². The van der Waals surface area contributed by atoms with Crippen LogP contribution in [0.3, 0.4) is 0 Å². The van der Waals surface area contributed by atoms with Gasteiger partial charge in [0.1, 0.15) is 5.69 Å². The Bertz CT molecular complexity index is 1040. The van der Waals surface area contributed by atoms with Crippen LogP contribution < -0.4 is 15.6 Å². The summed E-state index contributed by atoms with van der Waals surface area (Å²) in [6, 6.07) is 7.64. The van der Waals surface area contributed by atoms with Gasteiger partial charge in [0.25, 0.3) is 5.56 Å². The van der Waals surface area contributed by atoms with Gasteiger partial charge in [-0.2, -0.15) is 0 Å². The zero-order valence-electron chi connectivity index (χ0n) is 16.4. The molecule has 4 rings (SSSR count). The molecule has 0 unspecified atom stereocenters. The molecule has 1 aromatic carbocycles. The number of anilines is 1. The van der Waals surface area contributed by atoms with Crippen molar-refractivity contribution < 1.29 is 4.74 Å². The Morgan fingerprint density at radius 2 is 2.04 bits per heavy atom. The first kappa shape index (κ1) is 18.5. The van der Waals surface area contributed by atoms with Gasteiger partial charge in [0.05, 0.1) is 12.8 Å². The third-order valence-corrected chi connectivity index (χ3v) is 5.09. The van der Waals surface area contributed by atoms with E-state index in [1.807, 2.05) is 30.5 Å². The van der Waals surface area contributed by atoms with Gasteiger partial charge in [-0.15, -0.1) is 0 Å². The Morgan fingerprint density at radius 1 is 1.25 bits per heavy atom. The van der Waals surface area contributed by atoms with E-state index in [-0.39, 0.29) is 5.56 Å². The summed E-state index contributed by atoms with van der Waals surface area (Å²) in [5.74, 6) is 1.88. The minimum absolute atomic E-state index is 0.0184. The van der Waals surface area contributed by atoms with Gasteiger partial charge in [-0.1, -0.05) is 31.5 Å². The van der Waals surface area contributed by atoms with E-state index in [9.17, 15) is 4.79 Å². The van der Waals surface area contributed by atoms with E-state index in [1.54, 1.807) is 17.8 Å². The Morgan fingerprint density at radius 3 is 2.79 bits per heavy atom. The van der Waals surface area contributed by atoms with Crippen LogP contribution >= 0.6 is 0 Å². The maximum atomic E-state index is 12.5. The van der Waals surface area contributed by atoms with Gasteiger partial charge in [-0.05, 0) is 36.6 Å². The number of hydrogen-bond donors (Lipinski definition) is 1. The zero-order valence-corrected chi connectivity index (χ0v) is 16.4. The van der Waals surface area contributed by atoms with Crippen molar-refractivity contribution in [3.8, 4) is 17.0 Å². The lowest BCUT2D eigenvalue weighted by Gasteiger charge is -2.15. The number of aryl methyl sites for hydroxylation is 1. The fourth-order valence-corrected chi connectivity index (χ4v) is 3.23. The summed E-state index contributed by atoms with van der Waals surface area (Å²) >= 11 is 0. The molecule has 0 amide bonds. The average Bonchev–Trinajstić information content (AvgIpc) is 3.54. The van der Waals surface area contributed by atoms with Crippen LogP contribution in [0.2, 0.25) is 0 Å². The molecule has 0 bridgehead atoms. The maximum absolute atomic E-state index is 12.5. The average molecular weight is 378 g/mol. The molecule has 2 aromatic heterocycles. The molecule has 1 aliphatic carbocycles. The Balaban J connectivity index is 1.81. The number of benzene rings is 1. The van der Waals surface area contributed by atoms with E-state index in [4.69, 9.17) is 9.72 Å². The number of pyridine rings is 1. The summed E-state index contributed by atoms with van der Waals surface area (Å²) < 4.78 is 7.68. The fourth-order valence-electron chi connectivity index (χ4n) is 3.23. The first-order valence-corrected chi connectivity index (χ1v) is 10.00. The van der Waals surface area contributed by atoms with Crippen molar-refractivity contribution in [2.45, 2.75) is 32.6 Å². The predicted molar refractivity (Wildman–Crippen MR) is 112 cm³/mol. The van der Waals surface area contributed by atoms with Crippen LogP contribution in [0.15, 0.2) is 41.5 Å². The van der Waals surface area contributed by atoms with E-state index in [2.05, 4.69) is 17.2 Å². The molecular formula is C22H26N4O2. The summed E-state index contributed by atoms with van der Waals surface area (Å²) in [7, 11) is 1.77. The number of rotatable bonds is 8. The van der Waals surface area contributed by atoms with Crippen molar-refractivity contribution in [3.05, 3.63) is 47.0 Å². The second kappa shape index (κ2) is 8.00. The molecule has 0 atom stereocenters. The fraction of sp³-hybridized carbons (Fsp3) is 0.409. The van der Waals surface area contributed by atoms with Gasteiger partial charge in [-0.3, -0.25) is 4.79 Å². The Labute approximate surface area is 164 Å². The third-order valence-electron chi connectivity index (χ3n) is 5.09. The molecule has 6 nitrogen and oxygen atoms in total. The minimum Gasteiger partial charge on any atom is -0.489 e. The van der Waals surface area contributed by atoms with Crippen molar-refractivity contribution in [3.63, 3.8) is 0 Å². The minimum atomic E-state index is -0.0184.